The van der Waals surface area contributed by atoms with Crippen LogP contribution in [0.2, 0.25) is 0 Å². The number of rotatable bonds is 4. The van der Waals surface area contributed by atoms with Crippen LogP contribution in [0.4, 0.5) is 0 Å². The predicted octanol–water partition coefficient (Wildman–Crippen LogP) is 2.34. The number of hydrogen-bond acceptors (Lipinski definition) is 4. The van der Waals surface area contributed by atoms with Crippen LogP contribution < -0.4 is 10.5 Å². The highest BCUT2D eigenvalue weighted by Gasteiger charge is 2.25. The van der Waals surface area contributed by atoms with Crippen LogP contribution in [-0.4, -0.2) is 23.9 Å². The number of aromatic nitrogens is 1. The molecule has 1 heterocycles. The summed E-state index contributed by atoms with van der Waals surface area (Å²) in [6, 6.07) is 0.276. The van der Waals surface area contributed by atoms with Crippen molar-refractivity contribution in [3.8, 4) is 5.75 Å². The second-order valence-corrected chi connectivity index (χ2v) is 5.80. The van der Waals surface area contributed by atoms with E-state index in [4.69, 9.17) is 10.5 Å². The van der Waals surface area contributed by atoms with Crippen LogP contribution >= 0.6 is 0 Å². The smallest absolute Gasteiger partial charge is 0.141 e. The van der Waals surface area contributed by atoms with Crippen LogP contribution in [0, 0.1) is 19.8 Å². The number of ketones is 1. The Morgan fingerprint density at radius 2 is 2.00 bits per heavy atom. The largest absolute Gasteiger partial charge is 0.496 e. The Morgan fingerprint density at radius 1 is 1.35 bits per heavy atom. The summed E-state index contributed by atoms with van der Waals surface area (Å²) in [6.45, 7) is 3.94. The molecule has 1 aliphatic rings. The molecular formula is C16H24N2O2. The van der Waals surface area contributed by atoms with E-state index in [9.17, 15) is 4.79 Å². The molecule has 110 valence electrons. The molecule has 2 rings (SSSR count). The molecule has 20 heavy (non-hydrogen) atoms. The maximum absolute atomic E-state index is 12.4. The van der Waals surface area contributed by atoms with E-state index >= 15 is 0 Å². The summed E-state index contributed by atoms with van der Waals surface area (Å²) in [5.41, 5.74) is 8.71. The minimum Gasteiger partial charge on any atom is -0.496 e. The van der Waals surface area contributed by atoms with Gasteiger partial charge in [-0.3, -0.25) is 9.78 Å². The Hall–Kier alpha value is -1.42. The summed E-state index contributed by atoms with van der Waals surface area (Å²) in [5, 5.41) is 0. The average Bonchev–Trinajstić information content (AvgIpc) is 2.43. The molecule has 0 spiro atoms. The van der Waals surface area contributed by atoms with Gasteiger partial charge in [-0.25, -0.2) is 0 Å². The first-order valence-corrected chi connectivity index (χ1v) is 7.30. The van der Waals surface area contributed by atoms with Gasteiger partial charge in [0.15, 0.2) is 0 Å². The standard InChI is InChI=1S/C16H24N2O2/c1-10-9-18-14(11(2)16(10)20-3)8-15(19)12-4-6-13(17)7-5-12/h9,12-13H,4-8,17H2,1-3H3. The Kier molecular flexibility index (Phi) is 4.76. The number of pyridine rings is 1. The molecule has 1 fully saturated rings. The topological polar surface area (TPSA) is 65.2 Å². The molecule has 0 saturated heterocycles. The fourth-order valence-corrected chi connectivity index (χ4v) is 3.00. The molecule has 0 bridgehead atoms. The molecular weight excluding hydrogens is 252 g/mol. The van der Waals surface area contributed by atoms with Crippen molar-refractivity contribution in [2.75, 3.05) is 7.11 Å². The molecule has 0 radical (unpaired) electrons. The number of nitrogens with zero attached hydrogens (tertiary/aromatic N) is 1. The second kappa shape index (κ2) is 6.35. The summed E-state index contributed by atoms with van der Waals surface area (Å²) in [5.74, 6) is 1.29. The maximum atomic E-state index is 12.4. The second-order valence-electron chi connectivity index (χ2n) is 5.80. The van der Waals surface area contributed by atoms with Crippen LogP contribution in [-0.2, 0) is 11.2 Å². The molecule has 0 unspecified atom stereocenters. The van der Waals surface area contributed by atoms with Crippen molar-refractivity contribution in [1.29, 1.82) is 0 Å². The third-order valence-electron chi connectivity index (χ3n) is 4.32. The first-order chi connectivity index (χ1) is 9.52. The van der Waals surface area contributed by atoms with Crippen molar-refractivity contribution < 1.29 is 9.53 Å². The number of hydrogen-bond donors (Lipinski definition) is 1. The molecule has 0 aliphatic heterocycles. The number of nitrogens with two attached hydrogens (primary N) is 1. The van der Waals surface area contributed by atoms with Gasteiger partial charge in [0.25, 0.3) is 0 Å². The summed E-state index contributed by atoms with van der Waals surface area (Å²) >= 11 is 0. The van der Waals surface area contributed by atoms with Gasteiger partial charge in [0.05, 0.1) is 12.8 Å². The molecule has 4 heteroatoms. The van der Waals surface area contributed by atoms with Gasteiger partial charge >= 0.3 is 0 Å². The van der Waals surface area contributed by atoms with Gasteiger partial charge < -0.3 is 10.5 Å². The summed E-state index contributed by atoms with van der Waals surface area (Å²) in [4.78, 5) is 16.8. The van der Waals surface area contributed by atoms with Gasteiger partial charge in [0.2, 0.25) is 0 Å². The Labute approximate surface area is 120 Å². The summed E-state index contributed by atoms with van der Waals surface area (Å²) in [7, 11) is 1.66. The number of ether oxygens (including phenoxy) is 1. The van der Waals surface area contributed by atoms with E-state index < -0.39 is 0 Å². The number of carbonyl (C=O) groups is 1. The minimum absolute atomic E-state index is 0.156. The van der Waals surface area contributed by atoms with Crippen LogP contribution in [0.15, 0.2) is 6.20 Å². The lowest BCUT2D eigenvalue weighted by Gasteiger charge is -2.25. The zero-order chi connectivity index (χ0) is 14.7. The van der Waals surface area contributed by atoms with Gasteiger partial charge in [0, 0.05) is 35.7 Å². The van der Waals surface area contributed by atoms with Gasteiger partial charge in [-0.15, -0.1) is 0 Å². The van der Waals surface area contributed by atoms with Gasteiger partial charge in [-0.05, 0) is 39.5 Å². The first kappa shape index (κ1) is 15.0. The molecule has 0 atom stereocenters. The molecule has 2 N–H and O–H groups in total. The van der Waals surface area contributed by atoms with Crippen molar-refractivity contribution >= 4 is 5.78 Å². The predicted molar refractivity (Wildman–Crippen MR) is 78.9 cm³/mol. The Morgan fingerprint density at radius 3 is 2.60 bits per heavy atom. The Balaban J connectivity index is 2.08. The van der Waals surface area contributed by atoms with E-state index in [2.05, 4.69) is 4.98 Å². The zero-order valence-corrected chi connectivity index (χ0v) is 12.6. The van der Waals surface area contributed by atoms with E-state index in [1.165, 1.54) is 0 Å². The fraction of sp³-hybridized carbons (Fsp3) is 0.625. The first-order valence-electron chi connectivity index (χ1n) is 7.30. The summed E-state index contributed by atoms with van der Waals surface area (Å²) in [6.07, 6.45) is 5.94. The number of aryl methyl sites for hydroxylation is 1. The van der Waals surface area contributed by atoms with E-state index in [1.54, 1.807) is 13.3 Å². The zero-order valence-electron chi connectivity index (χ0n) is 12.6. The monoisotopic (exact) mass is 276 g/mol. The molecule has 4 nitrogen and oxygen atoms in total. The molecule has 1 aliphatic carbocycles. The molecule has 0 amide bonds. The van der Waals surface area contributed by atoms with Crippen LogP contribution in [0.5, 0.6) is 5.75 Å². The lowest BCUT2D eigenvalue weighted by molar-refractivity contribution is -0.123. The highest BCUT2D eigenvalue weighted by molar-refractivity contribution is 5.83. The van der Waals surface area contributed by atoms with Crippen molar-refractivity contribution in [2.24, 2.45) is 11.7 Å². The lowest BCUT2D eigenvalue weighted by atomic mass is 9.82. The third-order valence-corrected chi connectivity index (χ3v) is 4.32. The maximum Gasteiger partial charge on any atom is 0.141 e. The van der Waals surface area contributed by atoms with Crippen molar-refractivity contribution in [3.63, 3.8) is 0 Å². The summed E-state index contributed by atoms with van der Waals surface area (Å²) < 4.78 is 5.39. The lowest BCUT2D eigenvalue weighted by Crippen LogP contribution is -2.30. The average molecular weight is 276 g/mol. The van der Waals surface area contributed by atoms with Crippen LogP contribution in [0.3, 0.4) is 0 Å². The third kappa shape index (κ3) is 3.18. The number of carbonyl (C=O) groups excluding carboxylic acids is 1. The van der Waals surface area contributed by atoms with Gasteiger partial charge in [-0.2, -0.15) is 0 Å². The molecule has 0 aromatic carbocycles. The van der Waals surface area contributed by atoms with E-state index in [0.717, 1.165) is 48.3 Å². The van der Waals surface area contributed by atoms with Crippen LogP contribution in [0.1, 0.15) is 42.5 Å². The number of Topliss-reactive ketones (excluding diaryl/α,β-unsaturated/α-hetero) is 1. The minimum atomic E-state index is 0.156. The molecule has 1 saturated carbocycles. The highest BCUT2D eigenvalue weighted by Crippen LogP contribution is 2.28. The van der Waals surface area contributed by atoms with E-state index in [1.807, 2.05) is 13.8 Å². The van der Waals surface area contributed by atoms with Crippen molar-refractivity contribution in [1.82, 2.24) is 4.98 Å². The quantitative estimate of drug-likeness (QED) is 0.916. The van der Waals surface area contributed by atoms with Gasteiger partial charge in [0.1, 0.15) is 11.5 Å². The van der Waals surface area contributed by atoms with Crippen molar-refractivity contribution in [2.45, 2.75) is 52.0 Å². The van der Waals surface area contributed by atoms with E-state index in [-0.39, 0.29) is 12.0 Å². The van der Waals surface area contributed by atoms with Crippen molar-refractivity contribution in [3.05, 3.63) is 23.0 Å². The SMILES string of the molecule is COc1c(C)cnc(CC(=O)C2CCC(N)CC2)c1C. The fourth-order valence-electron chi connectivity index (χ4n) is 3.00. The number of methoxy groups -OCH3 is 1. The van der Waals surface area contributed by atoms with Crippen LogP contribution in [0.25, 0.3) is 0 Å². The highest BCUT2D eigenvalue weighted by atomic mass is 16.5. The normalized spacial score (nSPS) is 22.6. The van der Waals surface area contributed by atoms with Gasteiger partial charge in [-0.1, -0.05) is 0 Å². The molecule has 1 aromatic heterocycles. The Bertz CT molecular complexity index is 491. The van der Waals surface area contributed by atoms with E-state index in [0.29, 0.717) is 12.2 Å². The molecule has 1 aromatic rings.